The van der Waals surface area contributed by atoms with Gasteiger partial charge in [0.25, 0.3) is 0 Å². The van der Waals surface area contributed by atoms with Gasteiger partial charge in [-0.15, -0.1) is 0 Å². The highest BCUT2D eigenvalue weighted by Gasteiger charge is 2.15. The zero-order chi connectivity index (χ0) is 15.0. The van der Waals surface area contributed by atoms with Gasteiger partial charge >= 0.3 is 0 Å². The molecule has 0 heterocycles. The summed E-state index contributed by atoms with van der Waals surface area (Å²) in [5, 5.41) is 10.2. The molecule has 1 N–H and O–H groups in total. The lowest BCUT2D eigenvalue weighted by Crippen LogP contribution is -2.36. The third kappa shape index (κ3) is 5.57. The minimum atomic E-state index is -0.551. The molecule has 2 unspecified atom stereocenters. The Morgan fingerprint density at radius 3 is 2.45 bits per heavy atom. The van der Waals surface area contributed by atoms with Crippen LogP contribution in [0.15, 0.2) is 24.3 Å². The average Bonchev–Trinajstić information content (AvgIpc) is 2.47. The van der Waals surface area contributed by atoms with Crippen molar-refractivity contribution in [1.29, 1.82) is 0 Å². The van der Waals surface area contributed by atoms with Crippen molar-refractivity contribution in [3.8, 4) is 0 Å². The maximum Gasteiger partial charge on any atom is 0.123 e. The van der Waals surface area contributed by atoms with E-state index in [-0.39, 0.29) is 5.82 Å². The fraction of sp³-hybridized carbons (Fsp3) is 0.625. The van der Waals surface area contributed by atoms with Crippen LogP contribution in [-0.2, 0) is 4.74 Å². The Morgan fingerprint density at radius 1 is 1.25 bits per heavy atom. The molecule has 1 rings (SSSR count). The molecule has 0 spiro atoms. The van der Waals surface area contributed by atoms with Crippen LogP contribution in [0.2, 0.25) is 0 Å². The fourth-order valence-corrected chi connectivity index (χ4v) is 2.16. The second-order valence-electron chi connectivity index (χ2n) is 5.14. The molecule has 1 aromatic carbocycles. The summed E-state index contributed by atoms with van der Waals surface area (Å²) >= 11 is 0. The second-order valence-corrected chi connectivity index (χ2v) is 5.14. The Morgan fingerprint density at radius 2 is 1.90 bits per heavy atom. The van der Waals surface area contributed by atoms with Crippen molar-refractivity contribution in [3.63, 3.8) is 0 Å². The number of aliphatic hydroxyl groups is 1. The predicted octanol–water partition coefficient (Wildman–Crippen LogP) is 3.00. The molecule has 0 bridgehead atoms. The number of hydrogen-bond donors (Lipinski definition) is 1. The molecule has 1 aromatic rings. The van der Waals surface area contributed by atoms with Gasteiger partial charge in [0.2, 0.25) is 0 Å². The van der Waals surface area contributed by atoms with Crippen LogP contribution < -0.4 is 0 Å². The van der Waals surface area contributed by atoms with Crippen LogP contribution >= 0.6 is 0 Å². The van der Waals surface area contributed by atoms with Gasteiger partial charge in [-0.1, -0.05) is 19.1 Å². The van der Waals surface area contributed by atoms with Crippen molar-refractivity contribution in [2.45, 2.75) is 38.8 Å². The number of ether oxygens (including phenoxy) is 1. The molecule has 0 saturated heterocycles. The molecule has 20 heavy (non-hydrogen) atoms. The second kappa shape index (κ2) is 9.06. The van der Waals surface area contributed by atoms with Crippen molar-refractivity contribution in [2.75, 3.05) is 26.8 Å². The van der Waals surface area contributed by atoms with E-state index in [1.165, 1.54) is 12.1 Å². The molecule has 0 aliphatic heterocycles. The third-order valence-corrected chi connectivity index (χ3v) is 3.74. The Balaban J connectivity index is 2.50. The minimum absolute atomic E-state index is 0.276. The largest absolute Gasteiger partial charge is 0.388 e. The standard InChI is InChI=1S/C16H26FNO2/c1-4-13(2)18(11-12-20-3)10-9-16(19)14-5-7-15(17)8-6-14/h5-8,13,16,19H,4,9-12H2,1-3H3. The number of halogens is 1. The number of nitrogens with zero attached hydrogens (tertiary/aromatic N) is 1. The van der Waals surface area contributed by atoms with Crippen LogP contribution in [0.1, 0.15) is 38.4 Å². The molecule has 0 saturated carbocycles. The maximum absolute atomic E-state index is 12.9. The number of methoxy groups -OCH3 is 1. The molecular formula is C16H26FNO2. The van der Waals surface area contributed by atoms with Crippen LogP contribution in [0.25, 0.3) is 0 Å². The molecule has 0 aliphatic carbocycles. The first-order valence-electron chi connectivity index (χ1n) is 7.25. The van der Waals surface area contributed by atoms with Crippen molar-refractivity contribution in [2.24, 2.45) is 0 Å². The molecule has 0 aromatic heterocycles. The summed E-state index contributed by atoms with van der Waals surface area (Å²) in [5.74, 6) is -0.276. The van der Waals surface area contributed by atoms with E-state index in [0.717, 1.165) is 25.1 Å². The van der Waals surface area contributed by atoms with Crippen molar-refractivity contribution in [3.05, 3.63) is 35.6 Å². The van der Waals surface area contributed by atoms with E-state index in [9.17, 15) is 9.50 Å². The van der Waals surface area contributed by atoms with E-state index < -0.39 is 6.10 Å². The van der Waals surface area contributed by atoms with E-state index >= 15 is 0 Å². The summed E-state index contributed by atoms with van der Waals surface area (Å²) in [7, 11) is 1.70. The normalized spacial score (nSPS) is 14.5. The van der Waals surface area contributed by atoms with Gasteiger partial charge in [-0.2, -0.15) is 0 Å². The van der Waals surface area contributed by atoms with Gasteiger partial charge in [0.1, 0.15) is 5.82 Å². The van der Waals surface area contributed by atoms with Gasteiger partial charge in [0.15, 0.2) is 0 Å². The summed E-state index contributed by atoms with van der Waals surface area (Å²) in [6, 6.07) is 6.52. The van der Waals surface area contributed by atoms with Crippen molar-refractivity contribution >= 4 is 0 Å². The smallest absolute Gasteiger partial charge is 0.123 e. The number of aliphatic hydroxyl groups excluding tert-OH is 1. The predicted molar refractivity (Wildman–Crippen MR) is 79.2 cm³/mol. The third-order valence-electron chi connectivity index (χ3n) is 3.74. The van der Waals surface area contributed by atoms with Crippen LogP contribution in [0, 0.1) is 5.82 Å². The lowest BCUT2D eigenvalue weighted by molar-refractivity contribution is 0.0966. The highest BCUT2D eigenvalue weighted by atomic mass is 19.1. The van der Waals surface area contributed by atoms with Crippen LogP contribution in [0.3, 0.4) is 0 Å². The highest BCUT2D eigenvalue weighted by molar-refractivity contribution is 5.18. The average molecular weight is 283 g/mol. The molecule has 4 heteroatoms. The van der Waals surface area contributed by atoms with Gasteiger partial charge in [0.05, 0.1) is 12.7 Å². The molecule has 2 atom stereocenters. The summed E-state index contributed by atoms with van der Waals surface area (Å²) in [4.78, 5) is 2.32. The van der Waals surface area contributed by atoms with Crippen LogP contribution in [0.5, 0.6) is 0 Å². The summed E-state index contributed by atoms with van der Waals surface area (Å²) in [5.41, 5.74) is 0.766. The summed E-state index contributed by atoms with van der Waals surface area (Å²) < 4.78 is 18.0. The van der Waals surface area contributed by atoms with E-state index in [2.05, 4.69) is 18.7 Å². The van der Waals surface area contributed by atoms with E-state index in [0.29, 0.717) is 19.1 Å². The first kappa shape index (κ1) is 17.1. The first-order chi connectivity index (χ1) is 9.58. The van der Waals surface area contributed by atoms with Gasteiger partial charge < -0.3 is 9.84 Å². The Kier molecular flexibility index (Phi) is 7.73. The maximum atomic E-state index is 12.9. The van der Waals surface area contributed by atoms with Crippen molar-refractivity contribution < 1.29 is 14.2 Å². The molecule has 114 valence electrons. The fourth-order valence-electron chi connectivity index (χ4n) is 2.16. The van der Waals surface area contributed by atoms with Crippen LogP contribution in [0.4, 0.5) is 4.39 Å². The molecule has 0 radical (unpaired) electrons. The van der Waals surface area contributed by atoms with Gasteiger partial charge in [0, 0.05) is 26.2 Å². The molecule has 0 amide bonds. The van der Waals surface area contributed by atoms with Gasteiger partial charge in [-0.3, -0.25) is 4.90 Å². The van der Waals surface area contributed by atoms with Crippen molar-refractivity contribution in [1.82, 2.24) is 4.90 Å². The lowest BCUT2D eigenvalue weighted by atomic mass is 10.1. The molecule has 3 nitrogen and oxygen atoms in total. The lowest BCUT2D eigenvalue weighted by Gasteiger charge is -2.29. The summed E-state index contributed by atoms with van der Waals surface area (Å²) in [6.45, 7) is 6.69. The van der Waals surface area contributed by atoms with E-state index in [1.807, 2.05) is 0 Å². The number of hydrogen-bond acceptors (Lipinski definition) is 3. The monoisotopic (exact) mass is 283 g/mol. The van der Waals surface area contributed by atoms with E-state index in [4.69, 9.17) is 4.74 Å². The Hall–Kier alpha value is -0.970. The Bertz CT molecular complexity index is 369. The molecule has 0 aliphatic rings. The number of rotatable bonds is 9. The Labute approximate surface area is 121 Å². The van der Waals surface area contributed by atoms with Gasteiger partial charge in [-0.05, 0) is 37.5 Å². The highest BCUT2D eigenvalue weighted by Crippen LogP contribution is 2.18. The van der Waals surface area contributed by atoms with E-state index in [1.54, 1.807) is 19.2 Å². The molecular weight excluding hydrogens is 257 g/mol. The number of benzene rings is 1. The zero-order valence-electron chi connectivity index (χ0n) is 12.7. The van der Waals surface area contributed by atoms with Gasteiger partial charge in [-0.25, -0.2) is 4.39 Å². The SMILES string of the molecule is CCC(C)N(CCOC)CCC(O)c1ccc(F)cc1. The quantitative estimate of drug-likeness (QED) is 0.756. The zero-order valence-corrected chi connectivity index (χ0v) is 12.7. The van der Waals surface area contributed by atoms with Crippen LogP contribution in [-0.4, -0.2) is 42.9 Å². The molecule has 0 fully saturated rings. The minimum Gasteiger partial charge on any atom is -0.388 e. The topological polar surface area (TPSA) is 32.7 Å². The summed E-state index contributed by atoms with van der Waals surface area (Å²) in [6.07, 6.45) is 1.15. The first-order valence-corrected chi connectivity index (χ1v) is 7.25.